The third kappa shape index (κ3) is 4.72. The van der Waals surface area contributed by atoms with Crippen molar-refractivity contribution in [3.63, 3.8) is 0 Å². The zero-order valence-corrected chi connectivity index (χ0v) is 11.1. The van der Waals surface area contributed by atoms with Gasteiger partial charge in [0.15, 0.2) is 0 Å². The molecule has 0 bridgehead atoms. The van der Waals surface area contributed by atoms with Crippen molar-refractivity contribution >= 4 is 11.7 Å². The zero-order valence-electron chi connectivity index (χ0n) is 11.1. The molecule has 0 aliphatic carbocycles. The molecule has 0 radical (unpaired) electrons. The van der Waals surface area contributed by atoms with Gasteiger partial charge in [-0.25, -0.2) is 9.18 Å². The van der Waals surface area contributed by atoms with Crippen LogP contribution < -0.4 is 10.6 Å². The molecule has 0 aromatic heterocycles. The molecule has 0 aliphatic rings. The van der Waals surface area contributed by atoms with Gasteiger partial charge in [0, 0.05) is 12.2 Å². The van der Waals surface area contributed by atoms with Gasteiger partial charge in [-0.05, 0) is 42.7 Å². The molecule has 0 atom stereocenters. The summed E-state index contributed by atoms with van der Waals surface area (Å²) in [5.41, 5.74) is 1.83. The van der Waals surface area contributed by atoms with Gasteiger partial charge in [-0.15, -0.1) is 0 Å². The normalized spacial score (nSPS) is 10.1. The van der Waals surface area contributed by atoms with Crippen LogP contribution in [-0.2, 0) is 6.42 Å². The molecule has 0 fully saturated rings. The first-order valence-corrected chi connectivity index (χ1v) is 6.58. The molecule has 2 N–H and O–H groups in total. The maximum absolute atomic E-state index is 12.7. The van der Waals surface area contributed by atoms with E-state index in [1.54, 1.807) is 0 Å². The summed E-state index contributed by atoms with van der Waals surface area (Å²) in [4.78, 5) is 11.6. The summed E-state index contributed by atoms with van der Waals surface area (Å²) >= 11 is 0. The third-order valence-corrected chi connectivity index (χ3v) is 2.87. The number of hydrogen-bond acceptors (Lipinski definition) is 1. The Bertz CT molecular complexity index is 540. The fourth-order valence-electron chi connectivity index (χ4n) is 1.85. The number of urea groups is 1. The highest BCUT2D eigenvalue weighted by Crippen LogP contribution is 2.07. The fraction of sp³-hybridized carbons (Fsp3) is 0.188. The van der Waals surface area contributed by atoms with Gasteiger partial charge in [0.1, 0.15) is 5.82 Å². The molecule has 3 nitrogen and oxygen atoms in total. The smallest absolute Gasteiger partial charge is 0.319 e. The maximum Gasteiger partial charge on any atom is 0.319 e. The maximum atomic E-state index is 12.7. The van der Waals surface area contributed by atoms with Crippen LogP contribution in [0.25, 0.3) is 0 Å². The molecule has 0 unspecified atom stereocenters. The van der Waals surface area contributed by atoms with E-state index in [-0.39, 0.29) is 11.8 Å². The molecule has 2 rings (SSSR count). The number of nitrogens with one attached hydrogen (secondary N) is 2. The molecule has 0 saturated carbocycles. The van der Waals surface area contributed by atoms with Gasteiger partial charge in [0.25, 0.3) is 0 Å². The van der Waals surface area contributed by atoms with Crippen LogP contribution in [0.3, 0.4) is 0 Å². The molecule has 104 valence electrons. The third-order valence-electron chi connectivity index (χ3n) is 2.87. The van der Waals surface area contributed by atoms with E-state index >= 15 is 0 Å². The molecule has 4 heteroatoms. The second-order valence-corrected chi connectivity index (χ2v) is 4.48. The van der Waals surface area contributed by atoms with Gasteiger partial charge in [-0.3, -0.25) is 0 Å². The Balaban J connectivity index is 1.66. The molecule has 2 aromatic rings. The lowest BCUT2D eigenvalue weighted by atomic mass is 10.1. The fourth-order valence-corrected chi connectivity index (χ4v) is 1.85. The second kappa shape index (κ2) is 7.28. The highest BCUT2D eigenvalue weighted by atomic mass is 19.1. The van der Waals surface area contributed by atoms with E-state index in [0.29, 0.717) is 12.2 Å². The van der Waals surface area contributed by atoms with E-state index < -0.39 is 0 Å². The first-order valence-electron chi connectivity index (χ1n) is 6.58. The van der Waals surface area contributed by atoms with Crippen molar-refractivity contribution in [2.75, 3.05) is 11.9 Å². The van der Waals surface area contributed by atoms with E-state index in [0.717, 1.165) is 12.8 Å². The second-order valence-electron chi connectivity index (χ2n) is 4.48. The molecule has 20 heavy (non-hydrogen) atoms. The van der Waals surface area contributed by atoms with Gasteiger partial charge < -0.3 is 10.6 Å². The van der Waals surface area contributed by atoms with Crippen molar-refractivity contribution < 1.29 is 9.18 Å². The van der Waals surface area contributed by atoms with Gasteiger partial charge in [-0.2, -0.15) is 0 Å². The van der Waals surface area contributed by atoms with Crippen molar-refractivity contribution in [2.45, 2.75) is 12.8 Å². The number of carbonyl (C=O) groups excluding carboxylic acids is 1. The molecular weight excluding hydrogens is 255 g/mol. The molecule has 0 aliphatic heterocycles. The SMILES string of the molecule is O=C(NCCCc1ccccc1)Nc1ccc(F)cc1. The predicted octanol–water partition coefficient (Wildman–Crippen LogP) is 3.58. The van der Waals surface area contributed by atoms with Crippen LogP contribution in [0.2, 0.25) is 0 Å². The Kier molecular flexibility index (Phi) is 5.12. The molecule has 2 amide bonds. The van der Waals surface area contributed by atoms with Crippen LogP contribution in [0.15, 0.2) is 54.6 Å². The molecule has 0 heterocycles. The lowest BCUT2D eigenvalue weighted by Crippen LogP contribution is -2.29. The van der Waals surface area contributed by atoms with E-state index in [9.17, 15) is 9.18 Å². The summed E-state index contributed by atoms with van der Waals surface area (Å²) in [6.45, 7) is 0.599. The number of amides is 2. The highest BCUT2D eigenvalue weighted by molar-refractivity contribution is 5.89. The lowest BCUT2D eigenvalue weighted by Gasteiger charge is -2.07. The monoisotopic (exact) mass is 272 g/mol. The Morgan fingerprint density at radius 1 is 1.00 bits per heavy atom. The number of rotatable bonds is 5. The highest BCUT2D eigenvalue weighted by Gasteiger charge is 2.01. The zero-order chi connectivity index (χ0) is 14.2. The summed E-state index contributed by atoms with van der Waals surface area (Å²) in [5.74, 6) is -0.321. The Labute approximate surface area is 117 Å². The largest absolute Gasteiger partial charge is 0.338 e. The average molecular weight is 272 g/mol. The summed E-state index contributed by atoms with van der Waals surface area (Å²) in [5, 5.41) is 5.42. The number of aryl methyl sites for hydroxylation is 1. The van der Waals surface area contributed by atoms with Crippen molar-refractivity contribution in [1.29, 1.82) is 0 Å². The first kappa shape index (κ1) is 14.1. The Morgan fingerprint density at radius 2 is 1.70 bits per heavy atom. The van der Waals surface area contributed by atoms with Crippen LogP contribution in [0.5, 0.6) is 0 Å². The molecule has 2 aromatic carbocycles. The van der Waals surface area contributed by atoms with E-state index in [1.165, 1.54) is 29.8 Å². The first-order chi connectivity index (χ1) is 9.74. The van der Waals surface area contributed by atoms with Gasteiger partial charge in [0.2, 0.25) is 0 Å². The molecule has 0 spiro atoms. The lowest BCUT2D eigenvalue weighted by molar-refractivity contribution is 0.252. The Hall–Kier alpha value is -2.36. The van der Waals surface area contributed by atoms with Crippen LogP contribution in [-0.4, -0.2) is 12.6 Å². The number of carbonyl (C=O) groups is 1. The van der Waals surface area contributed by atoms with E-state index in [4.69, 9.17) is 0 Å². The summed E-state index contributed by atoms with van der Waals surface area (Å²) in [6.07, 6.45) is 1.80. The standard InChI is InChI=1S/C16H17FN2O/c17-14-8-10-15(11-9-14)19-16(20)18-12-4-7-13-5-2-1-3-6-13/h1-3,5-6,8-11H,4,7,12H2,(H2,18,19,20). The quantitative estimate of drug-likeness (QED) is 0.802. The summed E-state index contributed by atoms with van der Waals surface area (Å²) in [6, 6.07) is 15.5. The number of benzene rings is 2. The van der Waals surface area contributed by atoms with E-state index in [2.05, 4.69) is 22.8 Å². The van der Waals surface area contributed by atoms with Crippen LogP contribution >= 0.6 is 0 Å². The molecule has 0 saturated heterocycles. The van der Waals surface area contributed by atoms with Crippen molar-refractivity contribution in [3.05, 3.63) is 66.0 Å². The number of halogens is 1. The summed E-state index contributed by atoms with van der Waals surface area (Å²) in [7, 11) is 0. The predicted molar refractivity (Wildman–Crippen MR) is 78.2 cm³/mol. The molecular formula is C16H17FN2O. The van der Waals surface area contributed by atoms with Crippen molar-refractivity contribution in [2.24, 2.45) is 0 Å². The summed E-state index contributed by atoms with van der Waals surface area (Å²) < 4.78 is 12.7. The van der Waals surface area contributed by atoms with Gasteiger partial charge in [0.05, 0.1) is 0 Å². The van der Waals surface area contributed by atoms with Crippen LogP contribution in [0, 0.1) is 5.82 Å². The van der Waals surface area contributed by atoms with Gasteiger partial charge in [-0.1, -0.05) is 30.3 Å². The van der Waals surface area contributed by atoms with Crippen molar-refractivity contribution in [3.8, 4) is 0 Å². The number of anilines is 1. The topological polar surface area (TPSA) is 41.1 Å². The van der Waals surface area contributed by atoms with Crippen LogP contribution in [0.1, 0.15) is 12.0 Å². The van der Waals surface area contributed by atoms with Crippen LogP contribution in [0.4, 0.5) is 14.9 Å². The van der Waals surface area contributed by atoms with Crippen molar-refractivity contribution in [1.82, 2.24) is 5.32 Å². The van der Waals surface area contributed by atoms with E-state index in [1.807, 2.05) is 18.2 Å². The minimum absolute atomic E-state index is 0.273. The van der Waals surface area contributed by atoms with Gasteiger partial charge >= 0.3 is 6.03 Å². The minimum Gasteiger partial charge on any atom is -0.338 e. The number of hydrogen-bond donors (Lipinski definition) is 2. The average Bonchev–Trinajstić information content (AvgIpc) is 2.47. The Morgan fingerprint density at radius 3 is 2.40 bits per heavy atom. The minimum atomic E-state index is -0.321.